The number of benzene rings is 2. The lowest BCUT2D eigenvalue weighted by molar-refractivity contribution is 0.0703. The van der Waals surface area contributed by atoms with E-state index in [4.69, 9.17) is 0 Å². The minimum absolute atomic E-state index is 0.0378. The summed E-state index contributed by atoms with van der Waals surface area (Å²) in [5, 5.41) is 1.86. The minimum Gasteiger partial charge on any atom is -0.335 e. The third-order valence-corrected chi connectivity index (χ3v) is 8.09. The van der Waals surface area contributed by atoms with Crippen molar-refractivity contribution in [1.29, 1.82) is 0 Å². The van der Waals surface area contributed by atoms with Crippen LogP contribution in [0.5, 0.6) is 0 Å². The molecule has 1 saturated heterocycles. The normalized spacial score (nSPS) is 15.3. The second-order valence-corrected chi connectivity index (χ2v) is 10.1. The predicted octanol–water partition coefficient (Wildman–Crippen LogP) is 4.15. The summed E-state index contributed by atoms with van der Waals surface area (Å²) in [7, 11) is -4.11. The average Bonchev–Trinajstić information content (AvgIpc) is 3.23. The zero-order chi connectivity index (χ0) is 22.2. The quantitative estimate of drug-likeness (QED) is 0.585. The van der Waals surface area contributed by atoms with Crippen LogP contribution in [0.4, 0.5) is 8.78 Å². The molecule has 0 spiro atoms. The summed E-state index contributed by atoms with van der Waals surface area (Å²) >= 11 is 1.35. The lowest BCUT2D eigenvalue weighted by Crippen LogP contribution is -2.50. The van der Waals surface area contributed by atoms with Crippen LogP contribution < -0.4 is 0 Å². The Labute approximate surface area is 183 Å². The van der Waals surface area contributed by atoms with Crippen molar-refractivity contribution < 1.29 is 22.0 Å². The zero-order valence-corrected chi connectivity index (χ0v) is 18.3. The van der Waals surface area contributed by atoms with Crippen molar-refractivity contribution in [3.63, 3.8) is 0 Å². The Morgan fingerprint density at radius 2 is 1.65 bits per heavy atom. The molecule has 1 amide bonds. The van der Waals surface area contributed by atoms with Gasteiger partial charge in [0, 0.05) is 37.8 Å². The van der Waals surface area contributed by atoms with E-state index in [0.717, 1.165) is 33.1 Å². The first-order chi connectivity index (χ1) is 14.8. The van der Waals surface area contributed by atoms with Gasteiger partial charge in [-0.25, -0.2) is 17.2 Å². The van der Waals surface area contributed by atoms with Crippen molar-refractivity contribution in [3.8, 4) is 11.1 Å². The zero-order valence-electron chi connectivity index (χ0n) is 16.7. The molecule has 0 radical (unpaired) electrons. The van der Waals surface area contributed by atoms with Gasteiger partial charge in [0.25, 0.3) is 5.91 Å². The van der Waals surface area contributed by atoms with Crippen LogP contribution in [0.25, 0.3) is 11.1 Å². The van der Waals surface area contributed by atoms with Gasteiger partial charge < -0.3 is 4.90 Å². The van der Waals surface area contributed by atoms with Gasteiger partial charge in [0.2, 0.25) is 10.0 Å². The molecule has 31 heavy (non-hydrogen) atoms. The van der Waals surface area contributed by atoms with Crippen molar-refractivity contribution in [3.05, 3.63) is 76.0 Å². The van der Waals surface area contributed by atoms with Gasteiger partial charge in [0.1, 0.15) is 16.5 Å². The van der Waals surface area contributed by atoms with Crippen LogP contribution in [0.3, 0.4) is 0 Å². The standard InChI is InChI=1S/C22H20F2N2O3S2/c1-15-2-4-16(5-3-15)18-8-13-30-21(18)22(27)25-9-11-26(12-10-25)31(28,29)20-7-6-17(23)14-19(20)24/h2-8,13-14H,9-12H2,1H3. The van der Waals surface area contributed by atoms with Gasteiger partial charge in [0.05, 0.1) is 4.88 Å². The van der Waals surface area contributed by atoms with Gasteiger partial charge in [-0.2, -0.15) is 4.31 Å². The number of carbonyl (C=O) groups excluding carboxylic acids is 1. The second kappa shape index (κ2) is 8.49. The summed E-state index contributed by atoms with van der Waals surface area (Å²) in [5.74, 6) is -2.12. The third kappa shape index (κ3) is 4.26. The fraction of sp³-hybridized carbons (Fsp3) is 0.227. The number of piperazine rings is 1. The van der Waals surface area contributed by atoms with Crippen LogP contribution in [0.1, 0.15) is 15.2 Å². The third-order valence-electron chi connectivity index (χ3n) is 5.26. The first kappa shape index (κ1) is 21.6. The van der Waals surface area contributed by atoms with Gasteiger partial charge in [-0.05, 0) is 36.1 Å². The number of halogens is 2. The van der Waals surface area contributed by atoms with Gasteiger partial charge in [0.15, 0.2) is 0 Å². The lowest BCUT2D eigenvalue weighted by atomic mass is 10.0. The molecular weight excluding hydrogens is 442 g/mol. The fourth-order valence-corrected chi connectivity index (χ4v) is 5.88. The Morgan fingerprint density at radius 3 is 2.29 bits per heavy atom. The molecule has 0 aliphatic carbocycles. The molecule has 0 saturated carbocycles. The summed E-state index contributed by atoms with van der Waals surface area (Å²) in [6.45, 7) is 2.44. The van der Waals surface area contributed by atoms with Crippen LogP contribution in [0.15, 0.2) is 58.8 Å². The topological polar surface area (TPSA) is 57.7 Å². The maximum absolute atomic E-state index is 14.0. The number of hydrogen-bond acceptors (Lipinski definition) is 4. The molecule has 0 unspecified atom stereocenters. The number of amides is 1. The highest BCUT2D eigenvalue weighted by atomic mass is 32.2. The molecule has 162 valence electrons. The maximum Gasteiger partial charge on any atom is 0.264 e. The number of hydrogen-bond donors (Lipinski definition) is 0. The highest BCUT2D eigenvalue weighted by Gasteiger charge is 2.33. The minimum atomic E-state index is -4.11. The average molecular weight is 463 g/mol. The van der Waals surface area contributed by atoms with Crippen LogP contribution in [0.2, 0.25) is 0 Å². The Balaban J connectivity index is 1.49. The van der Waals surface area contributed by atoms with Crippen molar-refractivity contribution in [2.24, 2.45) is 0 Å². The van der Waals surface area contributed by atoms with E-state index in [2.05, 4.69) is 0 Å². The molecule has 5 nitrogen and oxygen atoms in total. The van der Waals surface area contributed by atoms with Gasteiger partial charge >= 0.3 is 0 Å². The van der Waals surface area contributed by atoms with E-state index in [1.54, 1.807) is 4.90 Å². The number of rotatable bonds is 4. The van der Waals surface area contributed by atoms with E-state index < -0.39 is 26.6 Å². The van der Waals surface area contributed by atoms with Crippen molar-refractivity contribution >= 4 is 27.3 Å². The first-order valence-electron chi connectivity index (χ1n) is 9.66. The second-order valence-electron chi connectivity index (χ2n) is 7.30. The van der Waals surface area contributed by atoms with E-state index in [0.29, 0.717) is 10.9 Å². The predicted molar refractivity (Wildman–Crippen MR) is 116 cm³/mol. The number of nitrogens with zero attached hydrogens (tertiary/aromatic N) is 2. The Bertz CT molecular complexity index is 1220. The molecule has 0 N–H and O–H groups in total. The molecular formula is C22H20F2N2O3S2. The smallest absolute Gasteiger partial charge is 0.264 e. The Morgan fingerprint density at radius 1 is 0.968 bits per heavy atom. The Kier molecular flexibility index (Phi) is 5.92. The molecule has 9 heteroatoms. The molecule has 1 aliphatic rings. The van der Waals surface area contributed by atoms with E-state index in [-0.39, 0.29) is 32.1 Å². The van der Waals surface area contributed by atoms with Gasteiger partial charge in [-0.3, -0.25) is 4.79 Å². The van der Waals surface area contributed by atoms with E-state index in [9.17, 15) is 22.0 Å². The highest BCUT2D eigenvalue weighted by molar-refractivity contribution is 7.89. The molecule has 3 aromatic rings. The van der Waals surface area contributed by atoms with Crippen molar-refractivity contribution in [1.82, 2.24) is 9.21 Å². The number of aryl methyl sites for hydroxylation is 1. The molecule has 1 fully saturated rings. The van der Waals surface area contributed by atoms with Crippen LogP contribution >= 0.6 is 11.3 Å². The maximum atomic E-state index is 14.0. The van der Waals surface area contributed by atoms with Crippen LogP contribution in [0, 0.1) is 18.6 Å². The molecule has 1 aliphatic heterocycles. The van der Waals surface area contributed by atoms with Gasteiger partial charge in [-0.15, -0.1) is 11.3 Å². The first-order valence-corrected chi connectivity index (χ1v) is 12.0. The lowest BCUT2D eigenvalue weighted by Gasteiger charge is -2.34. The van der Waals surface area contributed by atoms with E-state index in [1.165, 1.54) is 11.3 Å². The number of thiophene rings is 1. The molecule has 2 heterocycles. The SMILES string of the molecule is Cc1ccc(-c2ccsc2C(=O)N2CCN(S(=O)(=O)c3ccc(F)cc3F)CC2)cc1. The number of sulfonamides is 1. The van der Waals surface area contributed by atoms with E-state index >= 15 is 0 Å². The molecule has 2 aromatic carbocycles. The fourth-order valence-electron chi connectivity index (χ4n) is 3.53. The van der Waals surface area contributed by atoms with Gasteiger partial charge in [-0.1, -0.05) is 29.8 Å². The molecule has 4 rings (SSSR count). The van der Waals surface area contributed by atoms with Crippen molar-refractivity contribution in [2.75, 3.05) is 26.2 Å². The highest BCUT2D eigenvalue weighted by Crippen LogP contribution is 2.30. The summed E-state index contributed by atoms with van der Waals surface area (Å²) in [6.07, 6.45) is 0. The summed E-state index contributed by atoms with van der Waals surface area (Å²) in [6, 6.07) is 12.2. The van der Waals surface area contributed by atoms with Crippen molar-refractivity contribution in [2.45, 2.75) is 11.8 Å². The molecule has 1 aromatic heterocycles. The Hall–Kier alpha value is -2.62. The largest absolute Gasteiger partial charge is 0.335 e. The van der Waals surface area contributed by atoms with Crippen LogP contribution in [-0.4, -0.2) is 49.7 Å². The number of carbonyl (C=O) groups is 1. The molecule has 0 bridgehead atoms. The summed E-state index contributed by atoms with van der Waals surface area (Å²) in [5.41, 5.74) is 2.92. The van der Waals surface area contributed by atoms with E-state index in [1.807, 2.05) is 42.6 Å². The summed E-state index contributed by atoms with van der Waals surface area (Å²) < 4.78 is 53.8. The molecule has 0 atom stereocenters. The monoisotopic (exact) mass is 462 g/mol. The summed E-state index contributed by atoms with van der Waals surface area (Å²) in [4.78, 5) is 14.8. The van der Waals surface area contributed by atoms with Crippen LogP contribution in [-0.2, 0) is 10.0 Å².